The molecule has 0 saturated heterocycles. The van der Waals surface area contributed by atoms with Crippen LogP contribution in [0.4, 0.5) is 8.78 Å². The van der Waals surface area contributed by atoms with Crippen molar-refractivity contribution >= 4 is 17.7 Å². The van der Waals surface area contributed by atoms with Crippen LogP contribution < -0.4 is 0 Å². The fourth-order valence-electron chi connectivity index (χ4n) is 9.81. The van der Waals surface area contributed by atoms with Gasteiger partial charge in [-0.25, -0.2) is 8.78 Å². The highest BCUT2D eigenvalue weighted by Gasteiger charge is 2.40. The van der Waals surface area contributed by atoms with Crippen molar-refractivity contribution in [3.8, 4) is 33.8 Å². The lowest BCUT2D eigenvalue weighted by Gasteiger charge is -2.23. The van der Waals surface area contributed by atoms with Crippen molar-refractivity contribution in [3.05, 3.63) is 177 Å². The van der Waals surface area contributed by atoms with Gasteiger partial charge in [-0.1, -0.05) is 117 Å². The molecule has 0 unspecified atom stereocenters. The van der Waals surface area contributed by atoms with Crippen molar-refractivity contribution in [2.45, 2.75) is 104 Å². The molecule has 5 atom stereocenters. The lowest BCUT2D eigenvalue weighted by Crippen LogP contribution is -2.22. The number of Topliss-reactive ketones (excluding diaryl/α,β-unsaturated/α-hetero) is 1. The number of aliphatic hydroxyl groups is 1. The Balaban J connectivity index is 0.000000229. The summed E-state index contributed by atoms with van der Waals surface area (Å²) in [6, 6.07) is 35.4. The summed E-state index contributed by atoms with van der Waals surface area (Å²) in [7, 11) is 2.80. The van der Waals surface area contributed by atoms with Crippen LogP contribution in [0.1, 0.15) is 127 Å². The van der Waals surface area contributed by atoms with Crippen LogP contribution in [-0.4, -0.2) is 47.3 Å². The molecule has 3 N–H and O–H groups in total. The maximum atomic E-state index is 14.2. The minimum atomic E-state index is -0.705. The number of methoxy groups -OCH3 is 2. The van der Waals surface area contributed by atoms with Gasteiger partial charge in [0.2, 0.25) is 0 Å². The van der Waals surface area contributed by atoms with Gasteiger partial charge in [0.1, 0.15) is 23.1 Å². The number of benzene rings is 6. The smallest absolute Gasteiger partial charge is 0.309 e. The number of phenolic OH excluding ortho intramolecular Hbond substituents is 2. The number of aliphatic hydroxyl groups excluding tert-OH is 1. The molecular formula is C61H68F2O8. The van der Waals surface area contributed by atoms with Crippen molar-refractivity contribution in [2.24, 2.45) is 23.7 Å². The maximum absolute atomic E-state index is 14.2. The predicted molar refractivity (Wildman–Crippen MR) is 275 cm³/mol. The molecule has 6 aromatic rings. The van der Waals surface area contributed by atoms with E-state index >= 15 is 0 Å². The third-order valence-electron chi connectivity index (χ3n) is 14.1. The molecule has 8 rings (SSSR count). The van der Waals surface area contributed by atoms with Crippen LogP contribution in [0, 0.1) is 49.2 Å². The zero-order valence-corrected chi connectivity index (χ0v) is 40.9. The minimum Gasteiger partial charge on any atom is -0.508 e. The number of phenols is 2. The van der Waals surface area contributed by atoms with Gasteiger partial charge in [0.15, 0.2) is 5.78 Å². The van der Waals surface area contributed by atoms with Crippen molar-refractivity contribution in [1.29, 1.82) is 0 Å². The molecule has 2 aliphatic rings. The molecule has 6 aromatic carbocycles. The van der Waals surface area contributed by atoms with E-state index in [9.17, 15) is 38.5 Å². The van der Waals surface area contributed by atoms with Crippen molar-refractivity contribution < 1.29 is 48.0 Å². The van der Waals surface area contributed by atoms with Gasteiger partial charge < -0.3 is 24.8 Å². The van der Waals surface area contributed by atoms with Gasteiger partial charge in [-0.05, 0) is 158 Å². The van der Waals surface area contributed by atoms with Gasteiger partial charge in [-0.2, -0.15) is 0 Å². The molecule has 71 heavy (non-hydrogen) atoms. The largest absolute Gasteiger partial charge is 0.508 e. The number of esters is 2. The van der Waals surface area contributed by atoms with Gasteiger partial charge >= 0.3 is 11.9 Å². The van der Waals surface area contributed by atoms with Gasteiger partial charge in [-0.15, -0.1) is 0 Å². The second-order valence-corrected chi connectivity index (χ2v) is 19.3. The summed E-state index contributed by atoms with van der Waals surface area (Å²) < 4.78 is 38.3. The molecule has 0 radical (unpaired) electrons. The fraction of sp³-hybridized carbons (Fsp3) is 0.361. The molecule has 374 valence electrons. The topological polar surface area (TPSA) is 130 Å². The summed E-state index contributed by atoms with van der Waals surface area (Å²) >= 11 is 0. The number of rotatable bonds is 18. The van der Waals surface area contributed by atoms with Crippen LogP contribution in [0.25, 0.3) is 22.3 Å². The Kier molecular flexibility index (Phi) is 18.1. The lowest BCUT2D eigenvalue weighted by molar-refractivity contribution is -0.146. The Labute approximate surface area is 417 Å². The summed E-state index contributed by atoms with van der Waals surface area (Å²) in [4.78, 5) is 37.0. The molecule has 2 saturated carbocycles. The van der Waals surface area contributed by atoms with Crippen LogP contribution >= 0.6 is 0 Å². The van der Waals surface area contributed by atoms with E-state index in [-0.39, 0.29) is 78.4 Å². The first-order valence-corrected chi connectivity index (χ1v) is 24.3. The molecule has 0 bridgehead atoms. The van der Waals surface area contributed by atoms with Crippen LogP contribution in [0.2, 0.25) is 0 Å². The maximum Gasteiger partial charge on any atom is 0.309 e. The summed E-state index contributed by atoms with van der Waals surface area (Å²) in [6.45, 7) is 7.59. The third-order valence-corrected chi connectivity index (χ3v) is 14.1. The van der Waals surface area contributed by atoms with Crippen molar-refractivity contribution in [1.82, 2.24) is 0 Å². The molecule has 2 fully saturated rings. The Bertz CT molecular complexity index is 2790. The first kappa shape index (κ1) is 53.7. The number of halogens is 2. The molecule has 0 aliphatic heterocycles. The number of hydrogen-bond acceptors (Lipinski definition) is 8. The van der Waals surface area contributed by atoms with E-state index in [4.69, 9.17) is 9.47 Å². The molecule has 0 amide bonds. The second-order valence-electron chi connectivity index (χ2n) is 19.3. The Hall–Kier alpha value is -6.65. The highest BCUT2D eigenvalue weighted by Crippen LogP contribution is 2.49. The van der Waals surface area contributed by atoms with E-state index in [0.29, 0.717) is 53.4 Å². The number of ketones is 1. The van der Waals surface area contributed by atoms with E-state index in [1.165, 1.54) is 26.4 Å². The number of aromatic hydroxyl groups is 2. The highest BCUT2D eigenvalue weighted by atomic mass is 19.1. The van der Waals surface area contributed by atoms with Crippen LogP contribution in [0.5, 0.6) is 11.5 Å². The molecular weight excluding hydrogens is 899 g/mol. The zero-order chi connectivity index (χ0) is 50.2. The molecule has 0 spiro atoms. The van der Waals surface area contributed by atoms with Crippen LogP contribution in [-0.2, 0) is 31.9 Å². The molecule has 0 heterocycles. The van der Waals surface area contributed by atoms with E-state index in [1.54, 1.807) is 54.6 Å². The third kappa shape index (κ3) is 13.4. The van der Waals surface area contributed by atoms with E-state index in [0.717, 1.165) is 70.2 Å². The van der Waals surface area contributed by atoms with Gasteiger partial charge in [-0.3, -0.25) is 14.4 Å². The molecule has 2 aliphatic carbocycles. The number of ether oxygens (including phenoxy) is 2. The first-order valence-electron chi connectivity index (χ1n) is 24.3. The summed E-state index contributed by atoms with van der Waals surface area (Å²) in [6.07, 6.45) is 5.18. The fourth-order valence-corrected chi connectivity index (χ4v) is 9.81. The van der Waals surface area contributed by atoms with E-state index in [1.807, 2.05) is 82.3 Å². The zero-order valence-electron chi connectivity index (χ0n) is 40.9. The van der Waals surface area contributed by atoms with E-state index in [2.05, 4.69) is 0 Å². The average molecular weight is 967 g/mol. The van der Waals surface area contributed by atoms with Crippen LogP contribution in [0.3, 0.4) is 0 Å². The summed E-state index contributed by atoms with van der Waals surface area (Å²) in [5.41, 5.74) is 9.13. The summed E-state index contributed by atoms with van der Waals surface area (Å²) in [5.74, 6) is -0.398. The highest BCUT2D eigenvalue weighted by molar-refractivity contribution is 5.96. The Morgan fingerprint density at radius 3 is 1.39 bits per heavy atom. The van der Waals surface area contributed by atoms with Gasteiger partial charge in [0.05, 0.1) is 32.2 Å². The minimum absolute atomic E-state index is 0. The number of carbonyl (C=O) groups is 3. The monoisotopic (exact) mass is 966 g/mol. The van der Waals surface area contributed by atoms with Crippen molar-refractivity contribution in [3.63, 3.8) is 0 Å². The summed E-state index contributed by atoms with van der Waals surface area (Å²) in [5, 5.41) is 32.0. The normalized spacial score (nSPS) is 15.2. The average Bonchev–Trinajstić information content (AvgIpc) is 4.32. The Morgan fingerprint density at radius 1 is 0.577 bits per heavy atom. The van der Waals surface area contributed by atoms with Gasteiger partial charge in [0.25, 0.3) is 0 Å². The SMILES string of the molecule is C.COC(=O)[C@@H](C)[C@H](c1ccc(CCC(=O)c2ccc(-c3cc(C)ccc3F)cc2)c(O)c1)C1CC1.COC(=O)[C@@H](C)[C@H](c1ccc(CC[C@@H](O)c2ccc(-c3cc(C)ccc3F)cc2)c(O)c1)C1CC1. The Morgan fingerprint density at radius 2 is 0.986 bits per heavy atom. The number of hydrogen-bond donors (Lipinski definition) is 3. The van der Waals surface area contributed by atoms with Crippen LogP contribution in [0.15, 0.2) is 121 Å². The second kappa shape index (κ2) is 24.0. The molecule has 8 nitrogen and oxygen atoms in total. The van der Waals surface area contributed by atoms with Crippen molar-refractivity contribution in [2.75, 3.05) is 14.2 Å². The quantitative estimate of drug-likeness (QED) is 0.0573. The standard InChI is InChI=1S/C30H33FO4.C30H31FO4.CH4/c2*1-18-4-14-26(31)25(16-18)20-5-7-21(8-6-20)27(32)15-13-22-9-12-24(17-28(22)33)29(23-10-11-23)19(2)30(34)35-3;/h4-9,12,14,16-17,19,23,27,29,32-33H,10-11,13,15H2,1-3H3;4-9,12,14,16-17,19,23,29,33H,10-11,13,15H2,1-3H3;1H4/t19-,27+,29-;19-,29-;/m00./s1. The number of aryl methyl sites for hydroxylation is 4. The number of carbonyl (C=O) groups excluding carboxylic acids is 3. The lowest BCUT2D eigenvalue weighted by atomic mass is 9.82. The molecule has 10 heteroatoms. The predicted octanol–water partition coefficient (Wildman–Crippen LogP) is 13.7. The van der Waals surface area contributed by atoms with Gasteiger partial charge in [0, 0.05) is 23.1 Å². The first-order chi connectivity index (χ1) is 33.6. The molecule has 0 aromatic heterocycles. The van der Waals surface area contributed by atoms with E-state index < -0.39 is 6.10 Å².